The van der Waals surface area contributed by atoms with Gasteiger partial charge in [0.05, 0.1) is 12.8 Å². The lowest BCUT2D eigenvalue weighted by atomic mass is 10.0. The van der Waals surface area contributed by atoms with Gasteiger partial charge in [0, 0.05) is 35.3 Å². The van der Waals surface area contributed by atoms with E-state index in [1.165, 1.54) is 5.56 Å². The van der Waals surface area contributed by atoms with E-state index in [0.717, 1.165) is 39.6 Å². The van der Waals surface area contributed by atoms with Crippen LogP contribution in [0.1, 0.15) is 11.4 Å². The Balaban J connectivity index is 1.64. The van der Waals surface area contributed by atoms with E-state index in [4.69, 9.17) is 4.74 Å². The summed E-state index contributed by atoms with van der Waals surface area (Å²) in [6, 6.07) is 20.2. The normalized spacial score (nSPS) is 10.6. The third-order valence-electron chi connectivity index (χ3n) is 4.62. The fraction of sp³-hybridized carbons (Fsp3) is 0.125. The summed E-state index contributed by atoms with van der Waals surface area (Å²) in [5, 5.41) is 3.33. The van der Waals surface area contributed by atoms with E-state index in [9.17, 15) is 0 Å². The van der Waals surface area contributed by atoms with Crippen LogP contribution in [0.3, 0.4) is 0 Å². The van der Waals surface area contributed by atoms with E-state index in [1.54, 1.807) is 7.11 Å². The van der Waals surface area contributed by atoms with E-state index in [-0.39, 0.29) is 0 Å². The maximum absolute atomic E-state index is 5.21. The first-order valence-corrected chi connectivity index (χ1v) is 9.40. The molecule has 0 aliphatic rings. The number of hydrogen-bond acceptors (Lipinski definition) is 5. The first kappa shape index (κ1) is 18.6. The van der Waals surface area contributed by atoms with E-state index >= 15 is 0 Å². The molecule has 0 fully saturated rings. The Morgan fingerprint density at radius 3 is 2.21 bits per heavy atom. The lowest BCUT2D eigenvalue weighted by Gasteiger charge is -2.10. The largest absolute Gasteiger partial charge is 0.497 e. The molecule has 0 radical (unpaired) electrons. The summed E-state index contributed by atoms with van der Waals surface area (Å²) < 4.78 is 5.21. The molecule has 4 rings (SSSR count). The zero-order valence-electron chi connectivity index (χ0n) is 16.7. The Morgan fingerprint density at radius 2 is 1.48 bits per heavy atom. The summed E-state index contributed by atoms with van der Waals surface area (Å²) in [6.45, 7) is 3.97. The Hall–Kier alpha value is -3.73. The molecule has 2 aromatic heterocycles. The van der Waals surface area contributed by atoms with Crippen LogP contribution < -0.4 is 10.1 Å². The first-order valence-electron chi connectivity index (χ1n) is 9.40. The van der Waals surface area contributed by atoms with Gasteiger partial charge in [-0.3, -0.25) is 4.98 Å². The quantitative estimate of drug-likeness (QED) is 0.489. The molecule has 0 amide bonds. The molecule has 2 aromatic carbocycles. The molecule has 0 unspecified atom stereocenters. The minimum absolute atomic E-state index is 0.694. The van der Waals surface area contributed by atoms with Gasteiger partial charge in [0.25, 0.3) is 0 Å². The molecule has 4 aromatic rings. The third-order valence-corrected chi connectivity index (χ3v) is 4.62. The number of ether oxygens (including phenoxy) is 1. The molecule has 144 valence electrons. The van der Waals surface area contributed by atoms with Crippen molar-refractivity contribution in [1.29, 1.82) is 0 Å². The molecule has 0 atom stereocenters. The smallest absolute Gasteiger partial charge is 0.134 e. The van der Waals surface area contributed by atoms with Crippen LogP contribution in [-0.2, 0) is 0 Å². The van der Waals surface area contributed by atoms with Crippen molar-refractivity contribution in [2.45, 2.75) is 13.8 Å². The molecule has 5 nitrogen and oxygen atoms in total. The molecule has 0 spiro atoms. The van der Waals surface area contributed by atoms with Gasteiger partial charge in [-0.1, -0.05) is 29.8 Å². The van der Waals surface area contributed by atoms with Crippen molar-refractivity contribution < 1.29 is 4.74 Å². The summed E-state index contributed by atoms with van der Waals surface area (Å²) in [6.07, 6.45) is 3.70. The molecule has 29 heavy (non-hydrogen) atoms. The zero-order valence-corrected chi connectivity index (χ0v) is 16.7. The Kier molecular flexibility index (Phi) is 5.20. The van der Waals surface area contributed by atoms with Crippen molar-refractivity contribution >= 4 is 11.5 Å². The third kappa shape index (κ3) is 4.41. The summed E-state index contributed by atoms with van der Waals surface area (Å²) in [5.74, 6) is 2.24. The minimum Gasteiger partial charge on any atom is -0.497 e. The van der Waals surface area contributed by atoms with Gasteiger partial charge in [0.2, 0.25) is 0 Å². The summed E-state index contributed by atoms with van der Waals surface area (Å²) in [4.78, 5) is 13.6. The number of anilines is 2. The predicted molar refractivity (Wildman–Crippen MR) is 116 cm³/mol. The average Bonchev–Trinajstić information content (AvgIpc) is 2.74. The highest BCUT2D eigenvalue weighted by atomic mass is 16.5. The van der Waals surface area contributed by atoms with Crippen LogP contribution in [0, 0.1) is 13.8 Å². The maximum Gasteiger partial charge on any atom is 0.134 e. The lowest BCUT2D eigenvalue weighted by molar-refractivity contribution is 0.415. The van der Waals surface area contributed by atoms with Gasteiger partial charge < -0.3 is 10.1 Å². The highest BCUT2D eigenvalue weighted by molar-refractivity contribution is 5.72. The number of hydrogen-bond donors (Lipinski definition) is 1. The maximum atomic E-state index is 5.21. The molecule has 5 heteroatoms. The molecule has 0 aliphatic heterocycles. The Bertz CT molecular complexity index is 1120. The fourth-order valence-electron chi connectivity index (χ4n) is 3.09. The average molecular weight is 382 g/mol. The van der Waals surface area contributed by atoms with Crippen molar-refractivity contribution in [3.63, 3.8) is 0 Å². The molecule has 0 bridgehead atoms. The standard InChI is InChI=1S/C24H22N4O/c1-16-4-6-18(7-5-16)19-12-20(15-25-14-19)23-13-24(27-17(2)26-23)28-21-8-10-22(29-3)11-9-21/h4-15H,1-3H3,(H,26,27,28). The van der Waals surface area contributed by atoms with Crippen molar-refractivity contribution in [3.8, 4) is 28.1 Å². The lowest BCUT2D eigenvalue weighted by Crippen LogP contribution is -1.99. The fourth-order valence-corrected chi connectivity index (χ4v) is 3.09. The van der Waals surface area contributed by atoms with Crippen molar-refractivity contribution in [3.05, 3.63) is 84.4 Å². The van der Waals surface area contributed by atoms with Crippen LogP contribution in [0.4, 0.5) is 11.5 Å². The van der Waals surface area contributed by atoms with Crippen LogP contribution in [0.5, 0.6) is 5.75 Å². The molecule has 0 aliphatic carbocycles. The van der Waals surface area contributed by atoms with Crippen molar-refractivity contribution in [1.82, 2.24) is 15.0 Å². The van der Waals surface area contributed by atoms with Gasteiger partial charge >= 0.3 is 0 Å². The second kappa shape index (κ2) is 8.10. The van der Waals surface area contributed by atoms with E-state index in [2.05, 4.69) is 57.5 Å². The van der Waals surface area contributed by atoms with Crippen LogP contribution in [0.2, 0.25) is 0 Å². The summed E-state index contributed by atoms with van der Waals surface area (Å²) in [7, 11) is 1.65. The number of nitrogens with one attached hydrogen (secondary N) is 1. The van der Waals surface area contributed by atoms with E-state index < -0.39 is 0 Å². The minimum atomic E-state index is 0.694. The van der Waals surface area contributed by atoms with Crippen LogP contribution >= 0.6 is 0 Å². The first-order chi connectivity index (χ1) is 14.1. The highest BCUT2D eigenvalue weighted by Crippen LogP contribution is 2.27. The zero-order chi connectivity index (χ0) is 20.2. The SMILES string of the molecule is COc1ccc(Nc2cc(-c3cncc(-c4ccc(C)cc4)c3)nc(C)n2)cc1. The number of nitrogens with zero attached hydrogens (tertiary/aromatic N) is 3. The molecular weight excluding hydrogens is 360 g/mol. The van der Waals surface area contributed by atoms with Crippen LogP contribution in [0.15, 0.2) is 73.1 Å². The molecule has 0 saturated heterocycles. The second-order valence-electron chi connectivity index (χ2n) is 6.87. The predicted octanol–water partition coefficient (Wildman–Crippen LogP) is 5.57. The van der Waals surface area contributed by atoms with Crippen molar-refractivity contribution in [2.24, 2.45) is 0 Å². The molecule has 0 saturated carbocycles. The summed E-state index contributed by atoms with van der Waals surface area (Å²) >= 11 is 0. The number of rotatable bonds is 5. The van der Waals surface area contributed by atoms with Gasteiger partial charge in [-0.15, -0.1) is 0 Å². The van der Waals surface area contributed by atoms with E-state index in [0.29, 0.717) is 5.82 Å². The van der Waals surface area contributed by atoms with Gasteiger partial charge in [-0.2, -0.15) is 0 Å². The van der Waals surface area contributed by atoms with Crippen molar-refractivity contribution in [2.75, 3.05) is 12.4 Å². The second-order valence-corrected chi connectivity index (χ2v) is 6.87. The van der Waals surface area contributed by atoms with Gasteiger partial charge in [-0.25, -0.2) is 9.97 Å². The van der Waals surface area contributed by atoms with Crippen LogP contribution in [0.25, 0.3) is 22.4 Å². The van der Waals surface area contributed by atoms with Gasteiger partial charge in [0.1, 0.15) is 17.4 Å². The highest BCUT2D eigenvalue weighted by Gasteiger charge is 2.08. The van der Waals surface area contributed by atoms with Crippen LogP contribution in [-0.4, -0.2) is 22.1 Å². The van der Waals surface area contributed by atoms with E-state index in [1.807, 2.05) is 49.6 Å². The molecular formula is C24H22N4O. The van der Waals surface area contributed by atoms with Gasteiger partial charge in [0.15, 0.2) is 0 Å². The topological polar surface area (TPSA) is 59.9 Å². The monoisotopic (exact) mass is 382 g/mol. The Labute approximate surface area is 170 Å². The van der Waals surface area contributed by atoms with Gasteiger partial charge in [-0.05, 0) is 49.7 Å². The molecule has 2 heterocycles. The number of aryl methyl sites for hydroxylation is 2. The summed E-state index contributed by atoms with van der Waals surface area (Å²) in [5.41, 5.74) is 6.14. The molecule has 1 N–H and O–H groups in total. The number of methoxy groups -OCH3 is 1. The number of benzene rings is 2. The Morgan fingerprint density at radius 1 is 0.759 bits per heavy atom. The number of aromatic nitrogens is 3. The number of pyridine rings is 1.